The van der Waals surface area contributed by atoms with Crippen LogP contribution in [0.15, 0.2) is 41.3 Å². The number of anilines is 1. The Morgan fingerprint density at radius 3 is 1.97 bits per heavy atom. The lowest BCUT2D eigenvalue weighted by molar-refractivity contribution is -0.129. The van der Waals surface area contributed by atoms with Crippen molar-refractivity contribution in [2.45, 2.75) is 57.6 Å². The number of carbonyl (C=O) groups excluding carboxylic acids is 3. The van der Waals surface area contributed by atoms with E-state index in [9.17, 15) is 27.4 Å². The molecule has 0 saturated carbocycles. The molecule has 196 valence electrons. The number of rotatable bonds is 10. The Labute approximate surface area is 205 Å². The summed E-state index contributed by atoms with van der Waals surface area (Å²) in [6.07, 6.45) is 0.0669. The molecular formula is C24H34FNO8S. The maximum atomic E-state index is 12.4. The molecule has 0 spiro atoms. The first-order valence-electron chi connectivity index (χ1n) is 10.7. The molecule has 0 radical (unpaired) electrons. The number of Topliss-reactive ketones (excluding diaryl/α,β-unsaturated/α-hetero) is 2. The summed E-state index contributed by atoms with van der Waals surface area (Å²) in [5.74, 6) is -1.06. The van der Waals surface area contributed by atoms with Gasteiger partial charge >= 0.3 is 0 Å². The van der Waals surface area contributed by atoms with Crippen LogP contribution in [0.25, 0.3) is 10.8 Å². The monoisotopic (exact) mass is 515 g/mol. The van der Waals surface area contributed by atoms with E-state index in [0.29, 0.717) is 11.8 Å². The highest BCUT2D eigenvalue weighted by Crippen LogP contribution is 2.30. The molecule has 2 aromatic rings. The zero-order valence-corrected chi connectivity index (χ0v) is 21.5. The number of nitrogens with one attached hydrogen (secondary N) is 1. The van der Waals surface area contributed by atoms with Crippen molar-refractivity contribution in [2.75, 3.05) is 19.5 Å². The quantitative estimate of drug-likeness (QED) is 0.456. The zero-order chi connectivity index (χ0) is 26.1. The van der Waals surface area contributed by atoms with Crippen LogP contribution in [0.3, 0.4) is 0 Å². The molecule has 0 aromatic heterocycles. The van der Waals surface area contributed by atoms with Crippen LogP contribution in [0.5, 0.6) is 0 Å². The fraction of sp³-hybridized carbons (Fsp3) is 0.458. The third kappa shape index (κ3) is 10.2. The van der Waals surface area contributed by atoms with Crippen molar-refractivity contribution in [3.05, 3.63) is 36.4 Å². The van der Waals surface area contributed by atoms with Gasteiger partial charge in [-0.25, -0.2) is 0 Å². The van der Waals surface area contributed by atoms with Crippen molar-refractivity contribution in [3.8, 4) is 0 Å². The first kappa shape index (κ1) is 32.3. The minimum atomic E-state index is -4.47. The lowest BCUT2D eigenvalue weighted by Crippen LogP contribution is -2.30. The Hall–Kier alpha value is -2.73. The number of ether oxygens (including phenoxy) is 2. The Balaban J connectivity index is 0.00000111. The zero-order valence-electron chi connectivity index (χ0n) is 20.7. The highest BCUT2D eigenvalue weighted by atomic mass is 32.2. The van der Waals surface area contributed by atoms with Crippen LogP contribution in [0.2, 0.25) is 0 Å². The summed E-state index contributed by atoms with van der Waals surface area (Å²) in [6.45, 7) is 6.53. The number of halogens is 1. The molecule has 3 atom stereocenters. The van der Waals surface area contributed by atoms with E-state index in [1.54, 1.807) is 39.2 Å². The molecule has 11 heteroatoms. The van der Waals surface area contributed by atoms with Crippen molar-refractivity contribution in [2.24, 2.45) is 5.92 Å². The SMILES string of the molecule is COC(C)C(CC(=O)Nc1cccc2cccc(S(=O)(=O)O)c12)C(C)=O.COC(C)CC(C)=O.F. The van der Waals surface area contributed by atoms with E-state index in [-0.39, 0.29) is 44.8 Å². The number of hydrogen-bond acceptors (Lipinski definition) is 7. The predicted molar refractivity (Wildman–Crippen MR) is 132 cm³/mol. The summed E-state index contributed by atoms with van der Waals surface area (Å²) < 4.78 is 42.8. The van der Waals surface area contributed by atoms with Gasteiger partial charge in [-0.1, -0.05) is 24.3 Å². The maximum absolute atomic E-state index is 12.4. The lowest BCUT2D eigenvalue weighted by atomic mass is 9.95. The molecule has 0 heterocycles. The molecule has 9 nitrogen and oxygen atoms in total. The largest absolute Gasteiger partial charge is 0.381 e. The van der Waals surface area contributed by atoms with Gasteiger partial charge in [0, 0.05) is 38.1 Å². The summed E-state index contributed by atoms with van der Waals surface area (Å²) in [7, 11) is -1.40. The van der Waals surface area contributed by atoms with E-state index in [1.165, 1.54) is 32.2 Å². The Bertz CT molecular complexity index is 1110. The van der Waals surface area contributed by atoms with Gasteiger partial charge in [-0.3, -0.25) is 23.6 Å². The van der Waals surface area contributed by atoms with Gasteiger partial charge in [0.25, 0.3) is 10.1 Å². The minimum absolute atomic E-state index is 0. The average Bonchev–Trinajstić information content (AvgIpc) is 2.75. The van der Waals surface area contributed by atoms with E-state index in [0.717, 1.165) is 0 Å². The third-order valence-corrected chi connectivity index (χ3v) is 6.16. The number of amides is 1. The van der Waals surface area contributed by atoms with E-state index < -0.39 is 28.0 Å². The molecule has 2 aromatic carbocycles. The minimum Gasteiger partial charge on any atom is -0.381 e. The van der Waals surface area contributed by atoms with Gasteiger partial charge in [0.15, 0.2) is 0 Å². The number of benzene rings is 2. The Morgan fingerprint density at radius 1 is 0.971 bits per heavy atom. The van der Waals surface area contributed by atoms with Crippen LogP contribution < -0.4 is 5.32 Å². The van der Waals surface area contributed by atoms with Gasteiger partial charge in [0.2, 0.25) is 5.91 Å². The number of carbonyl (C=O) groups is 3. The Morgan fingerprint density at radius 2 is 1.54 bits per heavy atom. The summed E-state index contributed by atoms with van der Waals surface area (Å²) in [6, 6.07) is 9.31. The molecule has 0 aliphatic rings. The standard InChI is InChI=1S/C18H21NO6S.C6H12O2.FH/c1-11(20)14(12(2)25-3)10-17(21)19-15-8-4-6-13-7-5-9-16(18(13)15)26(22,23)24;1-5(7)4-6(2)8-3;/h4-9,12,14H,10H2,1-3H3,(H,19,21)(H,22,23,24);6H,4H2,1-3H3;1H. The topological polar surface area (TPSA) is 136 Å². The molecule has 1 amide bonds. The summed E-state index contributed by atoms with van der Waals surface area (Å²) >= 11 is 0. The second kappa shape index (κ2) is 14.6. The fourth-order valence-corrected chi connectivity index (χ4v) is 4.06. The first-order chi connectivity index (χ1) is 15.8. The molecule has 0 aliphatic carbocycles. The molecule has 0 bridgehead atoms. The number of ketones is 2. The van der Waals surface area contributed by atoms with Crippen molar-refractivity contribution in [1.82, 2.24) is 0 Å². The van der Waals surface area contributed by atoms with E-state index >= 15 is 0 Å². The van der Waals surface area contributed by atoms with Crippen LogP contribution in [-0.2, 0) is 34.0 Å². The van der Waals surface area contributed by atoms with Gasteiger partial charge in [0.1, 0.15) is 16.5 Å². The second-order valence-electron chi connectivity index (χ2n) is 8.00. The van der Waals surface area contributed by atoms with Gasteiger partial charge < -0.3 is 14.8 Å². The van der Waals surface area contributed by atoms with Crippen molar-refractivity contribution >= 4 is 44.1 Å². The van der Waals surface area contributed by atoms with Crippen LogP contribution in [-0.4, -0.2) is 56.9 Å². The normalized spacial score (nSPS) is 13.5. The highest BCUT2D eigenvalue weighted by molar-refractivity contribution is 7.86. The highest BCUT2D eigenvalue weighted by Gasteiger charge is 2.25. The van der Waals surface area contributed by atoms with Crippen molar-refractivity contribution in [1.29, 1.82) is 0 Å². The molecule has 0 saturated heterocycles. The molecule has 35 heavy (non-hydrogen) atoms. The third-order valence-electron chi connectivity index (χ3n) is 5.26. The fourth-order valence-electron chi connectivity index (χ4n) is 3.32. The van der Waals surface area contributed by atoms with Crippen molar-refractivity contribution < 1.29 is 41.5 Å². The van der Waals surface area contributed by atoms with Gasteiger partial charge in [-0.05, 0) is 45.2 Å². The van der Waals surface area contributed by atoms with Gasteiger partial charge in [-0.15, -0.1) is 0 Å². The summed E-state index contributed by atoms with van der Waals surface area (Å²) in [5.41, 5.74) is 0.244. The predicted octanol–water partition coefficient (Wildman–Crippen LogP) is 3.81. The molecule has 2 rings (SSSR count). The number of fused-ring (bicyclic) bond motifs is 1. The smallest absolute Gasteiger partial charge is 0.295 e. The van der Waals surface area contributed by atoms with E-state index in [2.05, 4.69) is 5.32 Å². The average molecular weight is 516 g/mol. The molecular weight excluding hydrogens is 481 g/mol. The molecule has 0 fully saturated rings. The van der Waals surface area contributed by atoms with Crippen LogP contribution in [0, 0.1) is 5.92 Å². The van der Waals surface area contributed by atoms with E-state index in [1.807, 2.05) is 6.92 Å². The van der Waals surface area contributed by atoms with Crippen molar-refractivity contribution in [3.63, 3.8) is 0 Å². The van der Waals surface area contributed by atoms with Crippen LogP contribution >= 0.6 is 0 Å². The second-order valence-corrected chi connectivity index (χ2v) is 9.39. The Kier molecular flexibility index (Phi) is 13.5. The summed E-state index contributed by atoms with van der Waals surface area (Å²) in [5, 5.41) is 3.40. The van der Waals surface area contributed by atoms with Crippen LogP contribution in [0.1, 0.15) is 40.5 Å². The van der Waals surface area contributed by atoms with Gasteiger partial charge in [0.05, 0.1) is 18.1 Å². The lowest BCUT2D eigenvalue weighted by Gasteiger charge is -2.20. The van der Waals surface area contributed by atoms with Crippen LogP contribution in [0.4, 0.5) is 10.4 Å². The summed E-state index contributed by atoms with van der Waals surface area (Å²) in [4.78, 5) is 34.2. The number of methoxy groups -OCH3 is 2. The molecule has 2 N–H and O–H groups in total. The molecule has 0 aliphatic heterocycles. The number of hydrogen-bond donors (Lipinski definition) is 2. The first-order valence-corrected chi connectivity index (χ1v) is 12.1. The van der Waals surface area contributed by atoms with E-state index in [4.69, 9.17) is 9.47 Å². The van der Waals surface area contributed by atoms with Gasteiger partial charge in [-0.2, -0.15) is 8.42 Å². The maximum Gasteiger partial charge on any atom is 0.295 e. The molecule has 3 unspecified atom stereocenters.